The van der Waals surface area contributed by atoms with Crippen molar-refractivity contribution in [3.63, 3.8) is 0 Å². The van der Waals surface area contributed by atoms with Crippen molar-refractivity contribution in [1.82, 2.24) is 9.80 Å². The van der Waals surface area contributed by atoms with Crippen molar-refractivity contribution in [3.8, 4) is 0 Å². The molecule has 1 aromatic rings. The topological polar surface area (TPSA) is 90.4 Å². The van der Waals surface area contributed by atoms with Gasteiger partial charge in [-0.15, -0.1) is 13.2 Å². The normalized spacial score (nSPS) is 28.5. The number of para-hydroxylation sites is 1. The number of aryl methyl sites for hydroxylation is 2. The number of benzene rings is 1. The van der Waals surface area contributed by atoms with Crippen molar-refractivity contribution >= 4 is 23.4 Å². The van der Waals surface area contributed by atoms with E-state index in [-0.39, 0.29) is 30.9 Å². The first-order valence-electron chi connectivity index (χ1n) is 14.6. The molecule has 1 spiro atoms. The van der Waals surface area contributed by atoms with Crippen molar-refractivity contribution in [2.75, 3.05) is 38.2 Å². The molecule has 3 aliphatic heterocycles. The maximum atomic E-state index is 14.8. The minimum absolute atomic E-state index is 0.0802. The fourth-order valence-corrected chi connectivity index (χ4v) is 7.50. The summed E-state index contributed by atoms with van der Waals surface area (Å²) in [5.41, 5.74) is 0.881. The highest BCUT2D eigenvalue weighted by atomic mass is 16.5. The molecule has 8 heteroatoms. The van der Waals surface area contributed by atoms with Crippen LogP contribution in [0.15, 0.2) is 43.5 Å². The van der Waals surface area contributed by atoms with Crippen LogP contribution in [0.1, 0.15) is 56.6 Å². The molecule has 40 heavy (non-hydrogen) atoms. The number of amides is 3. The van der Waals surface area contributed by atoms with Gasteiger partial charge >= 0.3 is 0 Å². The Labute approximate surface area is 238 Å². The molecule has 3 aliphatic rings. The van der Waals surface area contributed by atoms with Gasteiger partial charge in [-0.3, -0.25) is 14.4 Å². The molecule has 2 unspecified atom stereocenters. The van der Waals surface area contributed by atoms with Crippen LogP contribution in [0.25, 0.3) is 0 Å². The van der Waals surface area contributed by atoms with Gasteiger partial charge in [0.05, 0.1) is 17.4 Å². The predicted molar refractivity (Wildman–Crippen MR) is 156 cm³/mol. The highest BCUT2D eigenvalue weighted by Crippen LogP contribution is 2.64. The fraction of sp³-hybridized carbons (Fsp3) is 0.594. The number of aliphatic hydroxyl groups is 1. The Balaban J connectivity index is 1.82. The van der Waals surface area contributed by atoms with Gasteiger partial charge < -0.3 is 24.5 Å². The van der Waals surface area contributed by atoms with Gasteiger partial charge in [0.25, 0.3) is 5.91 Å². The van der Waals surface area contributed by atoms with E-state index in [1.165, 1.54) is 0 Å². The number of likely N-dealkylation sites (tertiary alicyclic amines) is 1. The Bertz CT molecular complexity index is 1150. The molecule has 2 bridgehead atoms. The molecular weight excluding hydrogens is 506 g/mol. The van der Waals surface area contributed by atoms with Gasteiger partial charge in [0.1, 0.15) is 11.6 Å². The van der Waals surface area contributed by atoms with E-state index in [0.29, 0.717) is 45.2 Å². The number of ether oxygens (including phenoxy) is 1. The Morgan fingerprint density at radius 1 is 1.10 bits per heavy atom. The number of fused-ring (bicyclic) bond motifs is 1. The van der Waals surface area contributed by atoms with Crippen molar-refractivity contribution < 1.29 is 24.2 Å². The van der Waals surface area contributed by atoms with E-state index < -0.39 is 29.1 Å². The van der Waals surface area contributed by atoms with E-state index >= 15 is 0 Å². The number of rotatable bonds is 13. The highest BCUT2D eigenvalue weighted by Gasteiger charge is 2.79. The summed E-state index contributed by atoms with van der Waals surface area (Å²) in [6.07, 6.45) is 7.15. The number of anilines is 1. The lowest BCUT2D eigenvalue weighted by molar-refractivity contribution is -0.150. The Hall–Kier alpha value is -2.97. The average Bonchev–Trinajstić information content (AvgIpc) is 3.53. The van der Waals surface area contributed by atoms with E-state index in [2.05, 4.69) is 13.2 Å². The van der Waals surface area contributed by atoms with Crippen LogP contribution >= 0.6 is 0 Å². The van der Waals surface area contributed by atoms with Gasteiger partial charge in [-0.05, 0) is 63.5 Å². The summed E-state index contributed by atoms with van der Waals surface area (Å²) < 4.78 is 6.92. The number of aliphatic hydroxyl groups excluding tert-OH is 1. The molecule has 0 aromatic heterocycles. The molecule has 3 heterocycles. The molecule has 3 amide bonds. The van der Waals surface area contributed by atoms with Gasteiger partial charge in [0, 0.05) is 39.0 Å². The number of carbonyl (C=O) groups is 3. The van der Waals surface area contributed by atoms with Gasteiger partial charge in [0.2, 0.25) is 11.8 Å². The van der Waals surface area contributed by atoms with E-state index in [1.54, 1.807) is 33.9 Å². The van der Waals surface area contributed by atoms with E-state index in [4.69, 9.17) is 4.74 Å². The largest absolute Gasteiger partial charge is 0.396 e. The SMILES string of the molecule is C=CCN(C)C(=O)[C@@H]1[C@H]2C(=O)N(CCCCCO)C(C(=O)N(CC=C)c3c(C)cccc3C)C23CC[C@@]1(CC)O3. The summed E-state index contributed by atoms with van der Waals surface area (Å²) in [6, 6.07) is 5.07. The van der Waals surface area contributed by atoms with Crippen LogP contribution in [0.2, 0.25) is 0 Å². The quantitative estimate of drug-likeness (QED) is 0.298. The molecule has 0 saturated carbocycles. The molecule has 3 saturated heterocycles. The van der Waals surface area contributed by atoms with Crippen LogP contribution in [0.5, 0.6) is 0 Å². The van der Waals surface area contributed by atoms with Crippen LogP contribution in [-0.2, 0) is 19.1 Å². The second-order valence-corrected chi connectivity index (χ2v) is 11.6. The zero-order chi connectivity index (χ0) is 29.2. The van der Waals surface area contributed by atoms with Crippen LogP contribution in [-0.4, -0.2) is 83.2 Å². The molecule has 0 aliphatic carbocycles. The lowest BCUT2D eigenvalue weighted by Crippen LogP contribution is -2.57. The maximum absolute atomic E-state index is 14.8. The monoisotopic (exact) mass is 551 g/mol. The zero-order valence-corrected chi connectivity index (χ0v) is 24.5. The second-order valence-electron chi connectivity index (χ2n) is 11.6. The van der Waals surface area contributed by atoms with Crippen molar-refractivity contribution in [3.05, 3.63) is 54.6 Å². The van der Waals surface area contributed by atoms with Crippen LogP contribution in [0.3, 0.4) is 0 Å². The third-order valence-corrected chi connectivity index (χ3v) is 9.30. The lowest BCUT2D eigenvalue weighted by Gasteiger charge is -2.37. The summed E-state index contributed by atoms with van der Waals surface area (Å²) in [4.78, 5) is 48.1. The minimum atomic E-state index is -1.08. The molecule has 3 fully saturated rings. The molecule has 4 rings (SSSR count). The number of nitrogens with zero attached hydrogens (tertiary/aromatic N) is 3. The molecule has 1 aromatic carbocycles. The molecule has 5 atom stereocenters. The minimum Gasteiger partial charge on any atom is -0.396 e. The predicted octanol–water partition coefficient (Wildman–Crippen LogP) is 3.78. The highest BCUT2D eigenvalue weighted by molar-refractivity contribution is 6.05. The van der Waals surface area contributed by atoms with Gasteiger partial charge in [-0.2, -0.15) is 0 Å². The second kappa shape index (κ2) is 11.9. The first kappa shape index (κ1) is 30.0. The van der Waals surface area contributed by atoms with Gasteiger partial charge in [-0.25, -0.2) is 0 Å². The van der Waals surface area contributed by atoms with E-state index in [1.807, 2.05) is 39.0 Å². The summed E-state index contributed by atoms with van der Waals surface area (Å²) in [5, 5.41) is 9.30. The lowest BCUT2D eigenvalue weighted by atomic mass is 9.64. The molecule has 0 radical (unpaired) electrons. The Morgan fingerprint density at radius 3 is 2.38 bits per heavy atom. The van der Waals surface area contributed by atoms with Crippen molar-refractivity contribution in [2.24, 2.45) is 11.8 Å². The summed E-state index contributed by atoms with van der Waals surface area (Å²) in [5.74, 6) is -1.89. The Morgan fingerprint density at radius 2 is 1.77 bits per heavy atom. The number of hydrogen-bond donors (Lipinski definition) is 1. The molecule has 218 valence electrons. The van der Waals surface area contributed by atoms with E-state index in [9.17, 15) is 19.5 Å². The van der Waals surface area contributed by atoms with Crippen LogP contribution in [0, 0.1) is 25.7 Å². The zero-order valence-electron chi connectivity index (χ0n) is 24.5. The standard InChI is InChI=1S/C32H45N3O5/c1-7-18-33(6)28(37)24-25-29(38)35(20-11-10-12-21-36)27(32(25)17-16-31(24,9-3)40-32)30(39)34(19-8-2)26-22(4)14-13-15-23(26)5/h7-8,13-15,24-25,27,36H,1-2,9-12,16-21H2,3-6H3/t24-,25-,27?,31+,32?/m0/s1. The maximum Gasteiger partial charge on any atom is 0.253 e. The van der Waals surface area contributed by atoms with Crippen LogP contribution in [0.4, 0.5) is 5.69 Å². The molecular formula is C32H45N3O5. The number of hydrogen-bond acceptors (Lipinski definition) is 5. The first-order chi connectivity index (χ1) is 19.1. The fourth-order valence-electron chi connectivity index (χ4n) is 7.50. The van der Waals surface area contributed by atoms with Crippen LogP contribution < -0.4 is 4.90 Å². The van der Waals surface area contributed by atoms with Gasteiger partial charge in [0.15, 0.2) is 0 Å². The third-order valence-electron chi connectivity index (χ3n) is 9.30. The van der Waals surface area contributed by atoms with Crippen molar-refractivity contribution in [1.29, 1.82) is 0 Å². The average molecular weight is 552 g/mol. The third kappa shape index (κ3) is 4.69. The number of carbonyl (C=O) groups excluding carboxylic acids is 3. The first-order valence-corrected chi connectivity index (χ1v) is 14.6. The molecule has 1 N–H and O–H groups in total. The number of likely N-dealkylation sites (N-methyl/N-ethyl adjacent to an activating group) is 1. The van der Waals surface area contributed by atoms with E-state index in [0.717, 1.165) is 23.2 Å². The Kier molecular flexibility index (Phi) is 8.90. The summed E-state index contributed by atoms with van der Waals surface area (Å²) in [6.45, 7) is 14.8. The van der Waals surface area contributed by atoms with Gasteiger partial charge in [-0.1, -0.05) is 37.3 Å². The molecule has 8 nitrogen and oxygen atoms in total. The van der Waals surface area contributed by atoms with Crippen molar-refractivity contribution in [2.45, 2.75) is 76.5 Å². The number of unbranched alkanes of at least 4 members (excludes halogenated alkanes) is 2. The summed E-state index contributed by atoms with van der Waals surface area (Å²) >= 11 is 0. The smallest absolute Gasteiger partial charge is 0.253 e. The summed E-state index contributed by atoms with van der Waals surface area (Å²) in [7, 11) is 1.73.